The normalized spacial score (nSPS) is 10.1. The van der Waals surface area contributed by atoms with Crippen LogP contribution in [0.4, 0.5) is 0 Å². The molecule has 71 valence electrons. The van der Waals surface area contributed by atoms with Gasteiger partial charge in [0.25, 0.3) is 6.39 Å². The summed E-state index contributed by atoms with van der Waals surface area (Å²) in [6.45, 7) is 0. The highest BCUT2D eigenvalue weighted by molar-refractivity contribution is 9.11. The average molecular weight is 318 g/mol. The highest BCUT2D eigenvalue weighted by Crippen LogP contribution is 2.36. The fourth-order valence-corrected chi connectivity index (χ4v) is 2.06. The first-order chi connectivity index (χ1) is 6.77. The summed E-state index contributed by atoms with van der Waals surface area (Å²) in [5.74, 6) is 0.954. The van der Waals surface area contributed by atoms with Gasteiger partial charge >= 0.3 is 5.95 Å². The van der Waals surface area contributed by atoms with E-state index in [4.69, 9.17) is 9.15 Å². The first kappa shape index (κ1) is 9.73. The molecule has 0 spiro atoms. The predicted molar refractivity (Wildman–Crippen MR) is 57.3 cm³/mol. The third-order valence-electron chi connectivity index (χ3n) is 1.49. The summed E-state index contributed by atoms with van der Waals surface area (Å²) in [5, 5.41) is 0. The van der Waals surface area contributed by atoms with Crippen molar-refractivity contribution in [1.29, 1.82) is 0 Å². The fourth-order valence-electron chi connectivity index (χ4n) is 0.905. The summed E-state index contributed by atoms with van der Waals surface area (Å²) >= 11 is 6.73. The Balaban J connectivity index is 2.33. The third-order valence-corrected chi connectivity index (χ3v) is 2.74. The van der Waals surface area contributed by atoms with Crippen LogP contribution in [0.5, 0.6) is 11.7 Å². The second-order valence-corrected chi connectivity index (χ2v) is 4.13. The Kier molecular flexibility index (Phi) is 2.88. The molecule has 0 aliphatic rings. The summed E-state index contributed by atoms with van der Waals surface area (Å²) in [5.41, 5.74) is 0. The van der Waals surface area contributed by atoms with Crippen LogP contribution in [0, 0.1) is 6.39 Å². The van der Waals surface area contributed by atoms with Crippen molar-refractivity contribution in [2.24, 2.45) is 0 Å². The molecule has 0 amide bonds. The number of nitrogens with zero attached hydrogens (tertiary/aromatic N) is 1. The molecule has 5 heteroatoms. The van der Waals surface area contributed by atoms with Gasteiger partial charge in [-0.3, -0.25) is 0 Å². The molecular formula is C9H4Br2NO2. The largest absolute Gasteiger partial charge is 0.422 e. The molecule has 3 nitrogen and oxygen atoms in total. The number of para-hydroxylation sites is 1. The van der Waals surface area contributed by atoms with Crippen LogP contribution in [0.25, 0.3) is 0 Å². The van der Waals surface area contributed by atoms with Gasteiger partial charge in [0.1, 0.15) is 6.20 Å². The number of ether oxygens (including phenoxy) is 1. The van der Waals surface area contributed by atoms with Crippen LogP contribution >= 0.6 is 31.9 Å². The van der Waals surface area contributed by atoms with Crippen molar-refractivity contribution in [1.82, 2.24) is 4.98 Å². The van der Waals surface area contributed by atoms with Crippen LogP contribution in [-0.4, -0.2) is 4.98 Å². The summed E-state index contributed by atoms with van der Waals surface area (Å²) in [4.78, 5) is 3.63. The molecule has 0 N–H and O–H groups in total. The molecule has 1 heterocycles. The Morgan fingerprint density at radius 2 is 2.00 bits per heavy atom. The zero-order valence-electron chi connectivity index (χ0n) is 6.83. The summed E-state index contributed by atoms with van der Waals surface area (Å²) in [6.07, 6.45) is 3.76. The van der Waals surface area contributed by atoms with Crippen molar-refractivity contribution in [2.75, 3.05) is 0 Å². The molecule has 0 aliphatic carbocycles. The molecule has 2 aromatic rings. The average Bonchev–Trinajstić information content (AvgIpc) is 2.64. The number of rotatable bonds is 2. The molecule has 0 unspecified atom stereocenters. The number of hydrogen-bond acceptors (Lipinski definition) is 3. The number of hydrogen-bond donors (Lipinski definition) is 0. The maximum Gasteiger partial charge on any atom is 0.311 e. The molecule has 0 aliphatic heterocycles. The maximum absolute atomic E-state index is 5.43. The number of benzene rings is 1. The third kappa shape index (κ3) is 1.99. The number of oxazole rings is 1. The summed E-state index contributed by atoms with van der Waals surface area (Å²) < 4.78 is 11.9. The van der Waals surface area contributed by atoms with Crippen molar-refractivity contribution in [2.45, 2.75) is 0 Å². The van der Waals surface area contributed by atoms with Crippen molar-refractivity contribution >= 4 is 31.9 Å². The van der Waals surface area contributed by atoms with Gasteiger partial charge in [0.05, 0.1) is 8.95 Å². The van der Waals surface area contributed by atoms with E-state index in [0.717, 1.165) is 8.95 Å². The van der Waals surface area contributed by atoms with Crippen LogP contribution in [0.2, 0.25) is 0 Å². The lowest BCUT2D eigenvalue weighted by molar-refractivity contribution is 0.340. The number of halogens is 2. The molecular weight excluding hydrogens is 314 g/mol. The number of aromatic nitrogens is 1. The molecule has 0 atom stereocenters. The van der Waals surface area contributed by atoms with Gasteiger partial charge in [-0.15, -0.1) is 0 Å². The Labute approximate surface area is 97.4 Å². The second kappa shape index (κ2) is 4.14. The minimum Gasteiger partial charge on any atom is -0.422 e. The maximum atomic E-state index is 5.43. The van der Waals surface area contributed by atoms with E-state index in [1.54, 1.807) is 0 Å². The molecule has 1 aromatic heterocycles. The SMILES string of the molecule is Brc1cccc(Br)c1Oc1cn[c]o1. The summed E-state index contributed by atoms with van der Waals surface area (Å²) in [7, 11) is 0. The lowest BCUT2D eigenvalue weighted by atomic mass is 10.3. The minimum atomic E-state index is 0.303. The van der Waals surface area contributed by atoms with Gasteiger partial charge in [-0.25, -0.2) is 4.98 Å². The van der Waals surface area contributed by atoms with E-state index in [-0.39, 0.29) is 0 Å². The van der Waals surface area contributed by atoms with Gasteiger partial charge in [-0.2, -0.15) is 0 Å². The standard InChI is InChI=1S/C9H4Br2NO2/c10-6-2-1-3-7(11)9(6)14-8-4-12-5-13-8/h1-4H. The Hall–Kier alpha value is -0.810. The zero-order valence-corrected chi connectivity index (χ0v) is 10.0. The van der Waals surface area contributed by atoms with Crippen LogP contribution in [0.3, 0.4) is 0 Å². The van der Waals surface area contributed by atoms with E-state index in [1.165, 1.54) is 6.20 Å². The quantitative estimate of drug-likeness (QED) is 0.845. The van der Waals surface area contributed by atoms with Crippen LogP contribution in [0.1, 0.15) is 0 Å². The van der Waals surface area contributed by atoms with Gasteiger partial charge in [-0.1, -0.05) is 6.07 Å². The predicted octanol–water partition coefficient (Wildman–Crippen LogP) is 3.79. The molecule has 2 rings (SSSR count). The molecule has 0 saturated heterocycles. The van der Waals surface area contributed by atoms with Crippen LogP contribution < -0.4 is 4.74 Å². The lowest BCUT2D eigenvalue weighted by Crippen LogP contribution is -1.84. The van der Waals surface area contributed by atoms with Crippen LogP contribution in [-0.2, 0) is 0 Å². The Morgan fingerprint density at radius 3 is 2.57 bits per heavy atom. The van der Waals surface area contributed by atoms with Gasteiger partial charge in [-0.05, 0) is 44.0 Å². The molecule has 1 radical (unpaired) electrons. The van der Waals surface area contributed by atoms with Crippen molar-refractivity contribution in [3.05, 3.63) is 39.7 Å². The first-order valence-corrected chi connectivity index (χ1v) is 5.29. The van der Waals surface area contributed by atoms with Gasteiger partial charge in [0.2, 0.25) is 0 Å². The molecule has 0 bridgehead atoms. The highest BCUT2D eigenvalue weighted by Gasteiger charge is 2.08. The van der Waals surface area contributed by atoms with E-state index < -0.39 is 0 Å². The Bertz CT molecular complexity index is 408. The zero-order chi connectivity index (χ0) is 9.97. The van der Waals surface area contributed by atoms with Gasteiger partial charge < -0.3 is 9.15 Å². The van der Waals surface area contributed by atoms with Gasteiger partial charge in [0, 0.05) is 0 Å². The minimum absolute atomic E-state index is 0.303. The van der Waals surface area contributed by atoms with E-state index in [1.807, 2.05) is 18.2 Å². The lowest BCUT2D eigenvalue weighted by Gasteiger charge is -2.05. The molecule has 0 saturated carbocycles. The first-order valence-electron chi connectivity index (χ1n) is 3.71. The smallest absolute Gasteiger partial charge is 0.311 e. The topological polar surface area (TPSA) is 35.3 Å². The van der Waals surface area contributed by atoms with Crippen molar-refractivity contribution in [3.63, 3.8) is 0 Å². The van der Waals surface area contributed by atoms with E-state index in [2.05, 4.69) is 43.2 Å². The fraction of sp³-hybridized carbons (Fsp3) is 0. The molecule has 14 heavy (non-hydrogen) atoms. The van der Waals surface area contributed by atoms with E-state index >= 15 is 0 Å². The molecule has 0 fully saturated rings. The van der Waals surface area contributed by atoms with E-state index in [9.17, 15) is 0 Å². The Morgan fingerprint density at radius 1 is 1.29 bits per heavy atom. The van der Waals surface area contributed by atoms with Crippen molar-refractivity contribution in [3.8, 4) is 11.7 Å². The van der Waals surface area contributed by atoms with Crippen LogP contribution in [0.15, 0.2) is 37.8 Å². The van der Waals surface area contributed by atoms with Gasteiger partial charge in [0.15, 0.2) is 5.75 Å². The highest BCUT2D eigenvalue weighted by atomic mass is 79.9. The molecule has 1 aromatic carbocycles. The van der Waals surface area contributed by atoms with E-state index in [0.29, 0.717) is 11.7 Å². The monoisotopic (exact) mass is 316 g/mol. The summed E-state index contributed by atoms with van der Waals surface area (Å²) in [6, 6.07) is 5.65. The second-order valence-electron chi connectivity index (χ2n) is 2.42. The van der Waals surface area contributed by atoms with Crippen molar-refractivity contribution < 1.29 is 9.15 Å².